The van der Waals surface area contributed by atoms with E-state index in [0.717, 1.165) is 28.8 Å². The fourth-order valence-electron chi connectivity index (χ4n) is 3.47. The van der Waals surface area contributed by atoms with E-state index >= 15 is 0 Å². The third-order valence-corrected chi connectivity index (χ3v) is 6.59. The zero-order valence-electron chi connectivity index (χ0n) is 14.9. The quantitative estimate of drug-likeness (QED) is 0.658. The summed E-state index contributed by atoms with van der Waals surface area (Å²) in [7, 11) is 0. The van der Waals surface area contributed by atoms with Gasteiger partial charge in [0.15, 0.2) is 0 Å². The van der Waals surface area contributed by atoms with Crippen molar-refractivity contribution in [2.45, 2.75) is 37.5 Å². The van der Waals surface area contributed by atoms with E-state index in [-0.39, 0.29) is 11.5 Å². The van der Waals surface area contributed by atoms with Crippen molar-refractivity contribution in [2.75, 3.05) is 5.75 Å². The third-order valence-electron chi connectivity index (χ3n) is 4.77. The summed E-state index contributed by atoms with van der Waals surface area (Å²) >= 11 is 2.96. The van der Waals surface area contributed by atoms with Crippen LogP contribution in [0.5, 0.6) is 0 Å². The minimum absolute atomic E-state index is 0.0674. The summed E-state index contributed by atoms with van der Waals surface area (Å²) in [5.74, 6) is 1.59. The van der Waals surface area contributed by atoms with E-state index in [9.17, 15) is 9.59 Å². The van der Waals surface area contributed by atoms with Crippen molar-refractivity contribution in [2.24, 2.45) is 0 Å². The van der Waals surface area contributed by atoms with Gasteiger partial charge in [-0.1, -0.05) is 43.2 Å². The van der Waals surface area contributed by atoms with Crippen molar-refractivity contribution >= 4 is 39.2 Å². The highest BCUT2D eigenvalue weighted by molar-refractivity contribution is 7.99. The van der Waals surface area contributed by atoms with Crippen molar-refractivity contribution in [3.8, 4) is 11.1 Å². The van der Waals surface area contributed by atoms with Gasteiger partial charge in [-0.15, -0.1) is 23.1 Å². The molecule has 1 amide bonds. The number of amides is 1. The highest BCUT2D eigenvalue weighted by Crippen LogP contribution is 2.30. The zero-order valence-corrected chi connectivity index (χ0v) is 16.5. The van der Waals surface area contributed by atoms with E-state index in [4.69, 9.17) is 0 Å². The molecule has 1 aliphatic carbocycles. The fraction of sp³-hybridized carbons (Fsp3) is 0.350. The average Bonchev–Trinajstić information content (AvgIpc) is 3.32. The molecule has 0 spiro atoms. The monoisotopic (exact) mass is 399 g/mol. The second kappa shape index (κ2) is 8.27. The molecule has 0 saturated heterocycles. The Morgan fingerprint density at radius 3 is 2.81 bits per heavy atom. The van der Waals surface area contributed by atoms with E-state index in [1.165, 1.54) is 35.9 Å². The van der Waals surface area contributed by atoms with Crippen LogP contribution in [0.4, 0.5) is 0 Å². The summed E-state index contributed by atoms with van der Waals surface area (Å²) in [5.41, 5.74) is 1.81. The molecule has 1 fully saturated rings. The fourth-order valence-corrected chi connectivity index (χ4v) is 5.14. The average molecular weight is 400 g/mol. The van der Waals surface area contributed by atoms with Crippen LogP contribution in [-0.2, 0) is 10.5 Å². The molecule has 2 N–H and O–H groups in total. The number of aromatic amines is 1. The Balaban J connectivity index is 1.43. The van der Waals surface area contributed by atoms with Crippen LogP contribution in [0.1, 0.15) is 31.5 Å². The third kappa shape index (κ3) is 4.25. The summed E-state index contributed by atoms with van der Waals surface area (Å²) in [4.78, 5) is 32.8. The van der Waals surface area contributed by atoms with Crippen LogP contribution in [-0.4, -0.2) is 27.7 Å². The Morgan fingerprint density at radius 1 is 1.26 bits per heavy atom. The normalized spacial score (nSPS) is 14.7. The first-order valence-electron chi connectivity index (χ1n) is 9.13. The van der Waals surface area contributed by atoms with Crippen molar-refractivity contribution in [3.63, 3.8) is 0 Å². The molecule has 1 aromatic carbocycles. The number of thioether (sulfide) groups is 1. The van der Waals surface area contributed by atoms with Crippen LogP contribution >= 0.6 is 23.1 Å². The second-order valence-corrected chi connectivity index (χ2v) is 8.59. The Kier molecular flexibility index (Phi) is 5.59. The molecule has 2 heterocycles. The number of hydrogen-bond donors (Lipinski definition) is 2. The number of carbonyl (C=O) groups excluding carboxylic acids is 1. The molecule has 1 aliphatic rings. The molecular formula is C20H21N3O2S2. The number of hydrogen-bond acceptors (Lipinski definition) is 5. The highest BCUT2D eigenvalue weighted by Gasteiger charge is 2.17. The van der Waals surface area contributed by atoms with Gasteiger partial charge < -0.3 is 10.3 Å². The van der Waals surface area contributed by atoms with E-state index in [1.54, 1.807) is 0 Å². The molecule has 7 heteroatoms. The predicted octanol–water partition coefficient (Wildman–Crippen LogP) is 3.94. The van der Waals surface area contributed by atoms with E-state index in [2.05, 4.69) is 15.3 Å². The van der Waals surface area contributed by atoms with Crippen LogP contribution in [0.2, 0.25) is 0 Å². The zero-order chi connectivity index (χ0) is 18.6. The molecule has 4 rings (SSSR count). The van der Waals surface area contributed by atoms with Crippen LogP contribution in [0.25, 0.3) is 21.3 Å². The van der Waals surface area contributed by atoms with Crippen LogP contribution in [0.3, 0.4) is 0 Å². The number of nitrogens with zero attached hydrogens (tertiary/aromatic N) is 1. The molecule has 0 bridgehead atoms. The molecule has 1 saturated carbocycles. The minimum Gasteiger partial charge on any atom is -0.353 e. The first-order chi connectivity index (χ1) is 13.2. The number of benzene rings is 1. The first-order valence-corrected chi connectivity index (χ1v) is 11.2. The summed E-state index contributed by atoms with van der Waals surface area (Å²) in [6, 6.07) is 10.2. The largest absolute Gasteiger partial charge is 0.353 e. The molecule has 0 unspecified atom stereocenters. The van der Waals surface area contributed by atoms with Gasteiger partial charge in [-0.25, -0.2) is 4.98 Å². The van der Waals surface area contributed by atoms with Crippen molar-refractivity contribution < 1.29 is 4.79 Å². The maximum Gasteiger partial charge on any atom is 0.260 e. The van der Waals surface area contributed by atoms with E-state index in [0.29, 0.717) is 28.8 Å². The number of carbonyl (C=O) groups is 1. The van der Waals surface area contributed by atoms with Gasteiger partial charge in [0, 0.05) is 17.0 Å². The van der Waals surface area contributed by atoms with Gasteiger partial charge in [-0.05, 0) is 18.4 Å². The Bertz CT molecular complexity index is 991. The van der Waals surface area contributed by atoms with Gasteiger partial charge in [0.05, 0.1) is 16.9 Å². The summed E-state index contributed by atoms with van der Waals surface area (Å²) in [6.45, 7) is 0. The SMILES string of the molecule is O=C(CSCc1nc2scc(-c3ccccc3)c2c(=O)[nH]1)NC1CCCC1. The molecule has 3 aromatic rings. The first kappa shape index (κ1) is 18.3. The standard InChI is InChI=1S/C20H21N3O2S2/c24-17(21-14-8-4-5-9-14)12-26-11-16-22-19(25)18-15(10-27-20(18)23-16)13-6-2-1-3-7-13/h1-3,6-7,10,14H,4-5,8-9,11-12H2,(H,21,24)(H,22,23,25). The van der Waals surface area contributed by atoms with Crippen LogP contribution < -0.4 is 10.9 Å². The number of aromatic nitrogens is 2. The lowest BCUT2D eigenvalue weighted by atomic mass is 10.1. The molecule has 5 nitrogen and oxygen atoms in total. The van der Waals surface area contributed by atoms with Crippen molar-refractivity contribution in [1.29, 1.82) is 0 Å². The van der Waals surface area contributed by atoms with Gasteiger partial charge in [0.25, 0.3) is 5.56 Å². The van der Waals surface area contributed by atoms with Crippen molar-refractivity contribution in [3.05, 3.63) is 51.9 Å². The lowest BCUT2D eigenvalue weighted by Gasteiger charge is -2.11. The molecule has 2 aromatic heterocycles. The number of nitrogens with one attached hydrogen (secondary N) is 2. The molecule has 0 atom stereocenters. The van der Waals surface area contributed by atoms with Gasteiger partial charge >= 0.3 is 0 Å². The van der Waals surface area contributed by atoms with Gasteiger partial charge in [0.2, 0.25) is 5.91 Å². The highest BCUT2D eigenvalue weighted by atomic mass is 32.2. The molecule has 140 valence electrons. The number of H-pyrrole nitrogens is 1. The predicted molar refractivity (Wildman–Crippen MR) is 112 cm³/mol. The van der Waals surface area contributed by atoms with Crippen LogP contribution in [0.15, 0.2) is 40.5 Å². The van der Waals surface area contributed by atoms with Gasteiger partial charge in [-0.2, -0.15) is 0 Å². The lowest BCUT2D eigenvalue weighted by Crippen LogP contribution is -2.33. The molecule has 27 heavy (non-hydrogen) atoms. The summed E-state index contributed by atoms with van der Waals surface area (Å²) < 4.78 is 0. The second-order valence-electron chi connectivity index (χ2n) is 6.75. The van der Waals surface area contributed by atoms with Crippen molar-refractivity contribution in [1.82, 2.24) is 15.3 Å². The molecular weight excluding hydrogens is 378 g/mol. The Labute approximate surface area is 165 Å². The molecule has 0 radical (unpaired) electrons. The maximum absolute atomic E-state index is 12.6. The number of fused-ring (bicyclic) bond motifs is 1. The maximum atomic E-state index is 12.6. The minimum atomic E-state index is -0.119. The Morgan fingerprint density at radius 2 is 2.04 bits per heavy atom. The Hall–Kier alpha value is -2.12. The topological polar surface area (TPSA) is 74.8 Å². The molecule has 0 aliphatic heterocycles. The van der Waals surface area contributed by atoms with E-state index < -0.39 is 0 Å². The summed E-state index contributed by atoms with van der Waals surface area (Å²) in [5, 5.41) is 5.70. The number of thiophene rings is 1. The summed E-state index contributed by atoms with van der Waals surface area (Å²) in [6.07, 6.45) is 4.58. The van der Waals surface area contributed by atoms with Gasteiger partial charge in [-0.3, -0.25) is 9.59 Å². The smallest absolute Gasteiger partial charge is 0.260 e. The lowest BCUT2D eigenvalue weighted by molar-refractivity contribution is -0.119. The van der Waals surface area contributed by atoms with Crippen LogP contribution in [0, 0.1) is 0 Å². The van der Waals surface area contributed by atoms with Gasteiger partial charge in [0.1, 0.15) is 10.7 Å². The number of rotatable bonds is 6. The van der Waals surface area contributed by atoms with E-state index in [1.807, 2.05) is 35.7 Å².